The monoisotopic (exact) mass is 284 g/mol. The number of nitrogens with one attached hydrogen (secondary N) is 2. The number of hydrogen-bond acceptors (Lipinski definition) is 2. The molecule has 0 unspecified atom stereocenters. The number of amides is 2. The van der Waals surface area contributed by atoms with E-state index in [1.165, 1.54) is 0 Å². The third-order valence-electron chi connectivity index (χ3n) is 2.07. The molecule has 5 heteroatoms. The van der Waals surface area contributed by atoms with E-state index in [0.717, 1.165) is 5.56 Å². The molecule has 1 rings (SSSR count). The van der Waals surface area contributed by atoms with Gasteiger partial charge in [-0.25, -0.2) is 0 Å². The molecule has 0 saturated carbocycles. The predicted octanol–water partition coefficient (Wildman–Crippen LogP) is 0.985. The first-order valence-electron chi connectivity index (χ1n) is 4.81. The number of alkyl halides is 1. The molecule has 0 spiro atoms. The van der Waals surface area contributed by atoms with Gasteiger partial charge in [0.1, 0.15) is 6.04 Å². The van der Waals surface area contributed by atoms with Crippen LogP contribution in [0.1, 0.15) is 11.6 Å². The average molecular weight is 285 g/mol. The van der Waals surface area contributed by atoms with E-state index in [4.69, 9.17) is 0 Å². The number of hydrogen-bond donors (Lipinski definition) is 2. The Hall–Kier alpha value is -1.36. The summed E-state index contributed by atoms with van der Waals surface area (Å²) in [6.45, 7) is 0. The normalized spacial score (nSPS) is 11.6. The maximum absolute atomic E-state index is 11.6. The van der Waals surface area contributed by atoms with Crippen LogP contribution in [0.2, 0.25) is 0 Å². The van der Waals surface area contributed by atoms with Gasteiger partial charge in [-0.3, -0.25) is 9.59 Å². The molecule has 0 aliphatic heterocycles. The van der Waals surface area contributed by atoms with Crippen LogP contribution in [0.3, 0.4) is 0 Å². The van der Waals surface area contributed by atoms with E-state index in [0.29, 0.717) is 0 Å². The molecule has 2 N–H and O–H groups in total. The summed E-state index contributed by atoms with van der Waals surface area (Å²) in [5, 5.41) is 5.33. The fourth-order valence-electron chi connectivity index (χ4n) is 1.29. The highest BCUT2D eigenvalue weighted by Gasteiger charge is 2.20. The Kier molecular flexibility index (Phi) is 4.98. The van der Waals surface area contributed by atoms with Gasteiger partial charge in [-0.15, -0.1) is 0 Å². The van der Waals surface area contributed by atoms with Crippen LogP contribution in [0, 0.1) is 0 Å². The van der Waals surface area contributed by atoms with E-state index in [-0.39, 0.29) is 17.1 Å². The zero-order chi connectivity index (χ0) is 12.0. The summed E-state index contributed by atoms with van der Waals surface area (Å²) in [5.74, 6) is -0.460. The molecule has 86 valence electrons. The summed E-state index contributed by atoms with van der Waals surface area (Å²) < 4.78 is 0. The van der Waals surface area contributed by atoms with Gasteiger partial charge in [0.25, 0.3) is 0 Å². The summed E-state index contributed by atoms with van der Waals surface area (Å²) in [6, 6.07) is 8.47. The van der Waals surface area contributed by atoms with Crippen LogP contribution in [-0.2, 0) is 9.59 Å². The maximum atomic E-state index is 11.6. The van der Waals surface area contributed by atoms with Gasteiger partial charge in [0.15, 0.2) is 0 Å². The second-order valence-electron chi connectivity index (χ2n) is 3.16. The Morgan fingerprint density at radius 3 is 2.44 bits per heavy atom. The smallest absolute Gasteiger partial charge is 0.246 e. The van der Waals surface area contributed by atoms with E-state index in [9.17, 15) is 9.59 Å². The number of rotatable bonds is 4. The van der Waals surface area contributed by atoms with Crippen molar-refractivity contribution in [2.75, 3.05) is 12.4 Å². The molecule has 0 radical (unpaired) electrons. The molecule has 0 saturated heterocycles. The quantitative estimate of drug-likeness (QED) is 0.810. The number of likely N-dealkylation sites (N-methyl/N-ethyl adjacent to an activating group) is 1. The molecule has 0 aliphatic carbocycles. The van der Waals surface area contributed by atoms with Crippen LogP contribution in [0.25, 0.3) is 0 Å². The largest absolute Gasteiger partial charge is 0.357 e. The topological polar surface area (TPSA) is 58.2 Å². The molecule has 4 nitrogen and oxygen atoms in total. The Labute approximate surface area is 103 Å². The summed E-state index contributed by atoms with van der Waals surface area (Å²) in [5.41, 5.74) is 0.760. The highest BCUT2D eigenvalue weighted by Crippen LogP contribution is 2.12. The van der Waals surface area contributed by atoms with E-state index in [1.807, 2.05) is 18.2 Å². The Balaban J connectivity index is 2.88. The van der Waals surface area contributed by atoms with Gasteiger partial charge in [-0.05, 0) is 5.56 Å². The van der Waals surface area contributed by atoms with Gasteiger partial charge in [0.2, 0.25) is 11.8 Å². The van der Waals surface area contributed by atoms with Crippen LogP contribution in [0.5, 0.6) is 0 Å². The molecule has 0 aromatic heterocycles. The molecule has 0 fully saturated rings. The van der Waals surface area contributed by atoms with Gasteiger partial charge in [-0.1, -0.05) is 46.3 Å². The van der Waals surface area contributed by atoms with Crippen molar-refractivity contribution >= 4 is 27.7 Å². The highest BCUT2D eigenvalue weighted by atomic mass is 79.9. The lowest BCUT2D eigenvalue weighted by Crippen LogP contribution is -2.39. The number of benzene rings is 1. The third kappa shape index (κ3) is 3.34. The Bertz CT molecular complexity index is 368. The first-order chi connectivity index (χ1) is 7.69. The summed E-state index contributed by atoms with van der Waals surface area (Å²) in [7, 11) is 1.54. The standard InChI is InChI=1S/C11H13BrN2O2/c1-13-11(16)10(14-9(15)7-12)8-5-3-2-4-6-8/h2-6,10H,7H2,1H3,(H,13,16)(H,14,15)/t10-/m0/s1. The average Bonchev–Trinajstić information content (AvgIpc) is 2.35. The van der Waals surface area contributed by atoms with Gasteiger partial charge in [0, 0.05) is 7.05 Å². The van der Waals surface area contributed by atoms with Crippen molar-refractivity contribution in [3.63, 3.8) is 0 Å². The van der Waals surface area contributed by atoms with Crippen LogP contribution in [0.4, 0.5) is 0 Å². The Morgan fingerprint density at radius 2 is 1.94 bits per heavy atom. The molecule has 2 amide bonds. The molecule has 1 aromatic carbocycles. The second-order valence-corrected chi connectivity index (χ2v) is 3.72. The number of carbonyl (C=O) groups is 2. The fraction of sp³-hybridized carbons (Fsp3) is 0.273. The van der Waals surface area contributed by atoms with Crippen molar-refractivity contribution < 1.29 is 9.59 Å². The van der Waals surface area contributed by atoms with Gasteiger partial charge in [-0.2, -0.15) is 0 Å². The molecule has 1 aromatic rings. The van der Waals surface area contributed by atoms with Crippen molar-refractivity contribution in [2.45, 2.75) is 6.04 Å². The van der Waals surface area contributed by atoms with Crippen LogP contribution in [0.15, 0.2) is 30.3 Å². The van der Waals surface area contributed by atoms with Crippen molar-refractivity contribution in [1.29, 1.82) is 0 Å². The second kappa shape index (κ2) is 6.27. The zero-order valence-electron chi connectivity index (χ0n) is 8.87. The lowest BCUT2D eigenvalue weighted by atomic mass is 10.1. The van der Waals surface area contributed by atoms with E-state index >= 15 is 0 Å². The van der Waals surface area contributed by atoms with Crippen molar-refractivity contribution in [1.82, 2.24) is 10.6 Å². The molecule has 16 heavy (non-hydrogen) atoms. The predicted molar refractivity (Wildman–Crippen MR) is 65.2 cm³/mol. The first-order valence-corrected chi connectivity index (χ1v) is 5.93. The maximum Gasteiger partial charge on any atom is 0.246 e. The minimum Gasteiger partial charge on any atom is -0.357 e. The van der Waals surface area contributed by atoms with Crippen LogP contribution >= 0.6 is 15.9 Å². The molecule has 0 aliphatic rings. The Morgan fingerprint density at radius 1 is 1.31 bits per heavy atom. The van der Waals surface area contributed by atoms with Crippen LogP contribution < -0.4 is 10.6 Å². The van der Waals surface area contributed by atoms with E-state index in [1.54, 1.807) is 19.2 Å². The van der Waals surface area contributed by atoms with Crippen molar-refractivity contribution in [2.24, 2.45) is 0 Å². The van der Waals surface area contributed by atoms with Crippen LogP contribution in [-0.4, -0.2) is 24.2 Å². The van der Waals surface area contributed by atoms with Crippen molar-refractivity contribution in [3.8, 4) is 0 Å². The minimum absolute atomic E-state index is 0.174. The summed E-state index contributed by atoms with van der Waals surface area (Å²) >= 11 is 3.04. The lowest BCUT2D eigenvalue weighted by Gasteiger charge is -2.16. The van der Waals surface area contributed by atoms with E-state index in [2.05, 4.69) is 26.6 Å². The molecular weight excluding hydrogens is 272 g/mol. The summed E-state index contributed by atoms with van der Waals surface area (Å²) in [6.07, 6.45) is 0. The van der Waals surface area contributed by atoms with E-state index < -0.39 is 6.04 Å². The van der Waals surface area contributed by atoms with Crippen molar-refractivity contribution in [3.05, 3.63) is 35.9 Å². The minimum atomic E-state index is -0.642. The molecule has 1 atom stereocenters. The molecular formula is C11H13BrN2O2. The fourth-order valence-corrected chi connectivity index (χ4v) is 1.45. The zero-order valence-corrected chi connectivity index (χ0v) is 10.5. The van der Waals surface area contributed by atoms with Gasteiger partial charge in [0.05, 0.1) is 5.33 Å². The highest BCUT2D eigenvalue weighted by molar-refractivity contribution is 9.09. The molecule has 0 heterocycles. The first kappa shape index (κ1) is 12.7. The third-order valence-corrected chi connectivity index (χ3v) is 2.58. The van der Waals surface area contributed by atoms with Gasteiger partial charge < -0.3 is 10.6 Å². The SMILES string of the molecule is CNC(=O)[C@@H](NC(=O)CBr)c1ccccc1. The van der Waals surface area contributed by atoms with Gasteiger partial charge >= 0.3 is 0 Å². The molecule has 0 bridgehead atoms. The number of carbonyl (C=O) groups excluding carboxylic acids is 2. The lowest BCUT2D eigenvalue weighted by molar-refractivity contribution is -0.127. The summed E-state index contributed by atoms with van der Waals surface area (Å²) in [4.78, 5) is 22.9. The number of halogens is 1.